The molecule has 1 atom stereocenters. The first-order chi connectivity index (χ1) is 12.3. The maximum atomic E-state index is 9.79. The van der Waals surface area contributed by atoms with Crippen LogP contribution in [0, 0.1) is 0 Å². The van der Waals surface area contributed by atoms with Crippen molar-refractivity contribution in [3.8, 4) is 10.4 Å². The molecule has 0 amide bonds. The van der Waals surface area contributed by atoms with E-state index in [-0.39, 0.29) is 12.6 Å². The minimum Gasteiger partial charge on any atom is -0.394 e. The molecule has 0 bridgehead atoms. The lowest BCUT2D eigenvalue weighted by molar-refractivity contribution is 0.276. The number of rotatable bonds is 5. The van der Waals surface area contributed by atoms with E-state index in [0.717, 1.165) is 26.5 Å². The number of hydrogen-bond donors (Lipinski definition) is 2. The first kappa shape index (κ1) is 15.7. The van der Waals surface area contributed by atoms with Gasteiger partial charge in [-0.3, -0.25) is 0 Å². The minimum atomic E-state index is -0.207. The van der Waals surface area contributed by atoms with E-state index in [2.05, 4.69) is 33.5 Å². The Morgan fingerprint density at radius 1 is 0.960 bits per heavy atom. The standard InChI is InChI=1S/C20H17N3OS/c24-12-17(14-7-3-1-4-8-14)23-20-19-16(21-13-22-20)11-18(25-19)15-9-5-2-6-10-15/h1-11,13,17,24H,12H2,(H,21,22,23)/t17-/m1/s1. The van der Waals surface area contributed by atoms with Crippen molar-refractivity contribution in [1.29, 1.82) is 0 Å². The van der Waals surface area contributed by atoms with E-state index in [0.29, 0.717) is 0 Å². The highest BCUT2D eigenvalue weighted by Crippen LogP contribution is 2.36. The molecule has 5 heteroatoms. The van der Waals surface area contributed by atoms with Crippen molar-refractivity contribution >= 4 is 27.4 Å². The molecule has 4 rings (SSSR count). The number of thiophene rings is 1. The summed E-state index contributed by atoms with van der Waals surface area (Å²) in [5.74, 6) is 0.750. The van der Waals surface area contributed by atoms with Gasteiger partial charge in [-0.15, -0.1) is 11.3 Å². The maximum Gasteiger partial charge on any atom is 0.148 e. The second-order valence-corrected chi connectivity index (χ2v) is 6.76. The highest BCUT2D eigenvalue weighted by Gasteiger charge is 2.15. The fourth-order valence-electron chi connectivity index (χ4n) is 2.79. The number of nitrogens with zero attached hydrogens (tertiary/aromatic N) is 2. The van der Waals surface area contributed by atoms with E-state index in [1.165, 1.54) is 5.56 Å². The third-order valence-electron chi connectivity index (χ3n) is 4.06. The topological polar surface area (TPSA) is 58.0 Å². The number of benzene rings is 2. The molecule has 0 saturated heterocycles. The molecular weight excluding hydrogens is 330 g/mol. The molecular formula is C20H17N3OS. The summed E-state index contributed by atoms with van der Waals surface area (Å²) in [6.45, 7) is -0.00751. The van der Waals surface area contributed by atoms with Crippen LogP contribution < -0.4 is 5.32 Å². The summed E-state index contributed by atoms with van der Waals surface area (Å²) in [7, 11) is 0. The van der Waals surface area contributed by atoms with Gasteiger partial charge in [0.05, 0.1) is 22.9 Å². The Bertz CT molecular complexity index is 970. The van der Waals surface area contributed by atoms with Gasteiger partial charge in [0, 0.05) is 4.88 Å². The van der Waals surface area contributed by atoms with Gasteiger partial charge in [-0.05, 0) is 17.2 Å². The second kappa shape index (κ2) is 7.01. The number of nitrogens with one attached hydrogen (secondary N) is 1. The van der Waals surface area contributed by atoms with Crippen molar-refractivity contribution in [2.45, 2.75) is 6.04 Å². The van der Waals surface area contributed by atoms with E-state index in [9.17, 15) is 5.11 Å². The van der Waals surface area contributed by atoms with E-state index in [1.807, 2.05) is 48.5 Å². The molecule has 4 nitrogen and oxygen atoms in total. The summed E-state index contributed by atoms with van der Waals surface area (Å²) in [5.41, 5.74) is 3.10. The smallest absolute Gasteiger partial charge is 0.148 e. The van der Waals surface area contributed by atoms with Gasteiger partial charge < -0.3 is 10.4 Å². The van der Waals surface area contributed by atoms with Crippen molar-refractivity contribution in [2.75, 3.05) is 11.9 Å². The Morgan fingerprint density at radius 2 is 1.68 bits per heavy atom. The van der Waals surface area contributed by atoms with Crippen LogP contribution in [0.15, 0.2) is 73.1 Å². The molecule has 4 aromatic rings. The van der Waals surface area contributed by atoms with Gasteiger partial charge in [0.25, 0.3) is 0 Å². The quantitative estimate of drug-likeness (QED) is 0.558. The molecule has 2 N–H and O–H groups in total. The molecule has 0 saturated carbocycles. The highest BCUT2D eigenvalue weighted by atomic mass is 32.1. The lowest BCUT2D eigenvalue weighted by atomic mass is 10.1. The van der Waals surface area contributed by atoms with Gasteiger partial charge in [0.15, 0.2) is 0 Å². The molecule has 0 aliphatic heterocycles. The molecule has 124 valence electrons. The van der Waals surface area contributed by atoms with E-state index in [1.54, 1.807) is 17.7 Å². The molecule has 0 aliphatic rings. The number of aliphatic hydroxyl groups excluding tert-OH is 1. The van der Waals surface area contributed by atoms with Crippen LogP contribution in [-0.2, 0) is 0 Å². The van der Waals surface area contributed by atoms with Gasteiger partial charge >= 0.3 is 0 Å². The summed E-state index contributed by atoms with van der Waals surface area (Å²) in [6.07, 6.45) is 1.56. The summed E-state index contributed by atoms with van der Waals surface area (Å²) in [6, 6.07) is 22.0. The van der Waals surface area contributed by atoms with Gasteiger partial charge in [-0.25, -0.2) is 9.97 Å². The number of fused-ring (bicyclic) bond motifs is 1. The third-order valence-corrected chi connectivity index (χ3v) is 5.25. The minimum absolute atomic E-state index is 0.00751. The van der Waals surface area contributed by atoms with Crippen LogP contribution in [0.2, 0.25) is 0 Å². The summed E-state index contributed by atoms with van der Waals surface area (Å²) in [5, 5.41) is 13.2. The van der Waals surface area contributed by atoms with Crippen molar-refractivity contribution in [2.24, 2.45) is 0 Å². The van der Waals surface area contributed by atoms with Crippen molar-refractivity contribution in [3.05, 3.63) is 78.6 Å². The molecule has 0 fully saturated rings. The highest BCUT2D eigenvalue weighted by molar-refractivity contribution is 7.22. The number of anilines is 1. The molecule has 25 heavy (non-hydrogen) atoms. The van der Waals surface area contributed by atoms with E-state index < -0.39 is 0 Å². The SMILES string of the molecule is OC[C@@H](Nc1ncnc2cc(-c3ccccc3)sc12)c1ccccc1. The van der Waals surface area contributed by atoms with Crippen molar-refractivity contribution < 1.29 is 5.11 Å². The number of hydrogen-bond acceptors (Lipinski definition) is 5. The summed E-state index contributed by atoms with van der Waals surface area (Å²) in [4.78, 5) is 9.95. The lowest BCUT2D eigenvalue weighted by Crippen LogP contribution is -2.15. The zero-order valence-electron chi connectivity index (χ0n) is 13.5. The Hall–Kier alpha value is -2.76. The maximum absolute atomic E-state index is 9.79. The molecule has 0 aliphatic carbocycles. The van der Waals surface area contributed by atoms with Crippen LogP contribution in [0.5, 0.6) is 0 Å². The summed E-state index contributed by atoms with van der Waals surface area (Å²) < 4.78 is 0.996. The Morgan fingerprint density at radius 3 is 2.40 bits per heavy atom. The van der Waals surface area contributed by atoms with Gasteiger partial charge in [0.1, 0.15) is 12.1 Å². The monoisotopic (exact) mass is 347 g/mol. The molecule has 2 aromatic carbocycles. The zero-order valence-corrected chi connectivity index (χ0v) is 14.3. The van der Waals surface area contributed by atoms with Crippen LogP contribution in [0.3, 0.4) is 0 Å². The average molecular weight is 347 g/mol. The fraction of sp³-hybridized carbons (Fsp3) is 0.100. The Labute approximate surface area is 149 Å². The Balaban J connectivity index is 1.71. The molecule has 0 unspecified atom stereocenters. The largest absolute Gasteiger partial charge is 0.394 e. The first-order valence-corrected chi connectivity index (χ1v) is 8.89. The fourth-order valence-corrected chi connectivity index (χ4v) is 3.86. The summed E-state index contributed by atoms with van der Waals surface area (Å²) >= 11 is 1.66. The normalized spacial score (nSPS) is 12.2. The van der Waals surface area contributed by atoms with Crippen LogP contribution in [-0.4, -0.2) is 21.7 Å². The van der Waals surface area contributed by atoms with E-state index in [4.69, 9.17) is 0 Å². The molecule has 0 spiro atoms. The molecule has 2 aromatic heterocycles. The molecule has 2 heterocycles. The third kappa shape index (κ3) is 3.24. The predicted octanol–water partition coefficient (Wildman–Crippen LogP) is 4.50. The Kier molecular flexibility index (Phi) is 4.41. The first-order valence-electron chi connectivity index (χ1n) is 8.07. The van der Waals surface area contributed by atoms with Crippen LogP contribution in [0.25, 0.3) is 20.7 Å². The van der Waals surface area contributed by atoms with Crippen molar-refractivity contribution in [3.63, 3.8) is 0 Å². The molecule has 0 radical (unpaired) electrons. The average Bonchev–Trinajstić information content (AvgIpc) is 3.12. The number of aliphatic hydroxyl groups is 1. The van der Waals surface area contributed by atoms with Crippen LogP contribution >= 0.6 is 11.3 Å². The van der Waals surface area contributed by atoms with Gasteiger partial charge in [-0.1, -0.05) is 60.7 Å². The van der Waals surface area contributed by atoms with Crippen LogP contribution in [0.4, 0.5) is 5.82 Å². The van der Waals surface area contributed by atoms with Gasteiger partial charge in [-0.2, -0.15) is 0 Å². The van der Waals surface area contributed by atoms with Crippen molar-refractivity contribution in [1.82, 2.24) is 9.97 Å². The zero-order chi connectivity index (χ0) is 17.1. The lowest BCUT2D eigenvalue weighted by Gasteiger charge is -2.17. The second-order valence-electron chi connectivity index (χ2n) is 5.70. The number of aromatic nitrogens is 2. The van der Waals surface area contributed by atoms with Gasteiger partial charge in [0.2, 0.25) is 0 Å². The predicted molar refractivity (Wildman–Crippen MR) is 103 cm³/mol. The van der Waals surface area contributed by atoms with E-state index >= 15 is 0 Å². The van der Waals surface area contributed by atoms with Crippen LogP contribution in [0.1, 0.15) is 11.6 Å².